The summed E-state index contributed by atoms with van der Waals surface area (Å²) in [5, 5.41) is -0.00588. The summed E-state index contributed by atoms with van der Waals surface area (Å²) in [7, 11) is -2.36. The molecule has 3 aromatic rings. The molecule has 3 saturated heterocycles. The molecule has 6 rings (SSSR count). The first-order chi connectivity index (χ1) is 17.3. The highest BCUT2D eigenvalue weighted by molar-refractivity contribution is 7.87. The summed E-state index contributed by atoms with van der Waals surface area (Å²) in [6.07, 6.45) is 4.29. The van der Waals surface area contributed by atoms with E-state index in [0.717, 1.165) is 48.8 Å². The van der Waals surface area contributed by atoms with Gasteiger partial charge in [-0.25, -0.2) is 0 Å². The van der Waals surface area contributed by atoms with E-state index in [0.29, 0.717) is 28.8 Å². The molecule has 0 amide bonds. The van der Waals surface area contributed by atoms with Gasteiger partial charge in [0, 0.05) is 29.9 Å². The Kier molecular flexibility index (Phi) is 6.94. The molecule has 4 heterocycles. The van der Waals surface area contributed by atoms with Gasteiger partial charge in [0.25, 0.3) is 10.1 Å². The number of hydrogen-bond donors (Lipinski definition) is 1. The van der Waals surface area contributed by atoms with Crippen LogP contribution in [0.3, 0.4) is 0 Å². The maximum absolute atomic E-state index is 13.7. The number of piperidine rings is 3. The van der Waals surface area contributed by atoms with Crippen molar-refractivity contribution < 1.29 is 17.3 Å². The zero-order valence-electron chi connectivity index (χ0n) is 21.1. The van der Waals surface area contributed by atoms with E-state index in [9.17, 15) is 8.42 Å². The third kappa shape index (κ3) is 4.69. The van der Waals surface area contributed by atoms with Gasteiger partial charge in [0.15, 0.2) is 0 Å². The van der Waals surface area contributed by atoms with Gasteiger partial charge in [-0.05, 0) is 85.7 Å². The van der Waals surface area contributed by atoms with E-state index in [-0.39, 0.29) is 6.04 Å². The number of nitrogens with two attached hydrogens (primary N) is 1. The van der Waals surface area contributed by atoms with Gasteiger partial charge in [-0.1, -0.05) is 25.5 Å². The van der Waals surface area contributed by atoms with Crippen molar-refractivity contribution in [2.24, 2.45) is 11.8 Å². The monoisotopic (exact) mass is 509 g/mol. The van der Waals surface area contributed by atoms with Crippen LogP contribution in [0, 0.1) is 11.8 Å². The Morgan fingerprint density at radius 1 is 1.19 bits per heavy atom. The molecule has 3 fully saturated rings. The summed E-state index contributed by atoms with van der Waals surface area (Å²) < 4.78 is 39.2. The van der Waals surface area contributed by atoms with Crippen LogP contribution in [0.4, 0.5) is 5.69 Å². The zero-order chi connectivity index (χ0) is 25.4. The molecule has 2 unspecified atom stereocenters. The lowest BCUT2D eigenvalue weighted by Gasteiger charge is -2.51. The van der Waals surface area contributed by atoms with Crippen LogP contribution < -0.4 is 10.5 Å². The molecule has 36 heavy (non-hydrogen) atoms. The van der Waals surface area contributed by atoms with Gasteiger partial charge in [0.05, 0.1) is 12.6 Å². The van der Waals surface area contributed by atoms with Crippen LogP contribution in [-0.2, 0) is 14.3 Å². The summed E-state index contributed by atoms with van der Waals surface area (Å²) in [5.74, 6) is 1.92. The lowest BCUT2D eigenvalue weighted by molar-refractivity contribution is -0.0470. The Labute approximate surface area is 213 Å². The van der Waals surface area contributed by atoms with Crippen LogP contribution in [0.1, 0.15) is 55.6 Å². The molecule has 2 bridgehead atoms. The van der Waals surface area contributed by atoms with Crippen LogP contribution in [0.2, 0.25) is 0 Å². The number of ether oxygens (including phenoxy) is 1. The highest BCUT2D eigenvalue weighted by atomic mass is 32.2. The highest BCUT2D eigenvalue weighted by Crippen LogP contribution is 2.45. The molecular formula is C28H35N3O4S. The number of nitrogens with zero attached hydrogens (tertiary/aromatic N) is 2. The molecular weight excluding hydrogens is 474 g/mol. The van der Waals surface area contributed by atoms with E-state index in [1.54, 1.807) is 44.5 Å². The number of anilines is 1. The van der Waals surface area contributed by atoms with Crippen LogP contribution in [0.25, 0.3) is 10.9 Å². The van der Waals surface area contributed by atoms with E-state index in [1.165, 1.54) is 0 Å². The number of methoxy groups -OCH3 is 1. The second-order valence-electron chi connectivity index (χ2n) is 10.1. The van der Waals surface area contributed by atoms with Crippen molar-refractivity contribution in [3.63, 3.8) is 0 Å². The van der Waals surface area contributed by atoms with Crippen molar-refractivity contribution >= 4 is 26.7 Å². The number of benzene rings is 2. The summed E-state index contributed by atoms with van der Waals surface area (Å²) in [6.45, 7) is 5.84. The topological polar surface area (TPSA) is 94.8 Å². The summed E-state index contributed by atoms with van der Waals surface area (Å²) in [4.78, 5) is 6.96. The molecule has 2 N–H and O–H groups in total. The molecule has 2 aromatic carbocycles. The van der Waals surface area contributed by atoms with E-state index >= 15 is 0 Å². The van der Waals surface area contributed by atoms with Gasteiger partial charge in [-0.3, -0.25) is 14.1 Å². The van der Waals surface area contributed by atoms with Crippen molar-refractivity contribution in [1.82, 2.24) is 9.88 Å². The molecule has 8 heteroatoms. The third-order valence-corrected chi connectivity index (χ3v) is 9.76. The lowest BCUT2D eigenvalue weighted by atomic mass is 9.72. The molecule has 3 aliphatic rings. The van der Waals surface area contributed by atoms with Gasteiger partial charge >= 0.3 is 0 Å². The first-order valence-electron chi connectivity index (χ1n) is 12.7. The summed E-state index contributed by atoms with van der Waals surface area (Å²) in [5.41, 5.74) is 8.70. The van der Waals surface area contributed by atoms with E-state index in [4.69, 9.17) is 14.7 Å². The number of aromatic nitrogens is 1. The second kappa shape index (κ2) is 10.00. The standard InChI is InChI=1S/C28H35N3O4S/c1-4-19-17-31-13-11-21(19)15-27(31)28(24-10-12-30-26-9-8-23(34-3)16-25(24)26)35-36(32,33)18(2)20-6-5-7-22(29)14-20/h5-10,12,14,16,18-19,21,27-28H,4,11,13,15,17,29H2,1-3H3/t18?,19-,21-,27-,28+/m0/s1. The van der Waals surface area contributed by atoms with Crippen LogP contribution in [0.5, 0.6) is 5.75 Å². The van der Waals surface area contributed by atoms with Gasteiger partial charge in [0.1, 0.15) is 17.1 Å². The predicted octanol–water partition coefficient (Wildman–Crippen LogP) is 5.09. The predicted molar refractivity (Wildman–Crippen MR) is 142 cm³/mol. The molecule has 0 aliphatic carbocycles. The third-order valence-electron chi connectivity index (χ3n) is 8.15. The Bertz CT molecular complexity index is 1350. The second-order valence-corrected chi connectivity index (χ2v) is 12.0. The average molecular weight is 510 g/mol. The molecule has 7 nitrogen and oxygen atoms in total. The SMILES string of the molecule is CC[C@H]1CN2CC[C@H]1C[C@H]2[C@H](OS(=O)(=O)C(C)c1cccc(N)c1)c1ccnc2ccc(OC)cc12. The van der Waals surface area contributed by atoms with E-state index in [2.05, 4.69) is 16.8 Å². The first-order valence-corrected chi connectivity index (χ1v) is 14.2. The number of nitrogen functional groups attached to an aromatic ring is 1. The highest BCUT2D eigenvalue weighted by Gasteiger charge is 2.45. The maximum Gasteiger partial charge on any atom is 0.274 e. The first kappa shape index (κ1) is 25.0. The molecule has 0 saturated carbocycles. The normalized spacial score (nSPS) is 25.5. The summed E-state index contributed by atoms with van der Waals surface area (Å²) in [6, 6.07) is 14.6. The molecule has 0 radical (unpaired) electrons. The fraction of sp³-hybridized carbons (Fsp3) is 0.464. The van der Waals surface area contributed by atoms with Crippen LogP contribution in [0.15, 0.2) is 54.7 Å². The van der Waals surface area contributed by atoms with Gasteiger partial charge in [0.2, 0.25) is 0 Å². The van der Waals surface area contributed by atoms with Gasteiger partial charge < -0.3 is 10.5 Å². The van der Waals surface area contributed by atoms with Gasteiger partial charge in [-0.2, -0.15) is 8.42 Å². The lowest BCUT2D eigenvalue weighted by Crippen LogP contribution is -2.55. The quantitative estimate of drug-likeness (QED) is 0.334. The van der Waals surface area contributed by atoms with Crippen LogP contribution >= 0.6 is 0 Å². The van der Waals surface area contributed by atoms with Crippen molar-refractivity contribution in [1.29, 1.82) is 0 Å². The molecule has 3 aliphatic heterocycles. The smallest absolute Gasteiger partial charge is 0.274 e. The minimum Gasteiger partial charge on any atom is -0.497 e. The summed E-state index contributed by atoms with van der Waals surface area (Å²) >= 11 is 0. The zero-order valence-corrected chi connectivity index (χ0v) is 21.9. The molecule has 6 atom stereocenters. The fourth-order valence-electron chi connectivity index (χ4n) is 6.01. The minimum atomic E-state index is -3.98. The van der Waals surface area contributed by atoms with Gasteiger partial charge in [-0.15, -0.1) is 0 Å². The Morgan fingerprint density at radius 2 is 2.03 bits per heavy atom. The number of fused-ring (bicyclic) bond motifs is 4. The number of hydrogen-bond acceptors (Lipinski definition) is 7. The maximum atomic E-state index is 13.7. The minimum absolute atomic E-state index is 0.0360. The molecule has 192 valence electrons. The van der Waals surface area contributed by atoms with Crippen molar-refractivity contribution in [2.75, 3.05) is 25.9 Å². The number of rotatable bonds is 8. The average Bonchev–Trinajstić information content (AvgIpc) is 2.90. The Balaban J connectivity index is 1.58. The molecule has 1 aromatic heterocycles. The fourth-order valence-corrected chi connectivity index (χ4v) is 7.18. The van der Waals surface area contributed by atoms with E-state index in [1.807, 2.05) is 24.3 Å². The van der Waals surface area contributed by atoms with Crippen molar-refractivity contribution in [3.8, 4) is 5.75 Å². The molecule has 0 spiro atoms. The Hall–Kier alpha value is -2.68. The largest absolute Gasteiger partial charge is 0.497 e. The van der Waals surface area contributed by atoms with E-state index < -0.39 is 21.5 Å². The Morgan fingerprint density at radius 3 is 2.72 bits per heavy atom. The van der Waals surface area contributed by atoms with Crippen molar-refractivity contribution in [2.45, 2.75) is 50.5 Å². The number of pyridine rings is 1. The van der Waals surface area contributed by atoms with Crippen molar-refractivity contribution in [3.05, 3.63) is 65.9 Å². The van der Waals surface area contributed by atoms with Crippen LogP contribution in [-0.4, -0.2) is 44.5 Å².